The minimum Gasteiger partial charge on any atom is -0.370 e. The number of rotatable bonds is 5. The molecule has 0 radical (unpaired) electrons. The van der Waals surface area contributed by atoms with Crippen LogP contribution in [0.4, 0.5) is 5.69 Å². The number of nitrogens with one attached hydrogen (secondary N) is 1. The lowest BCUT2D eigenvalue weighted by Gasteiger charge is -2.26. The van der Waals surface area contributed by atoms with Crippen LogP contribution in [0.3, 0.4) is 0 Å². The Kier molecular flexibility index (Phi) is 8.09. The highest BCUT2D eigenvalue weighted by Gasteiger charge is 2.21. The molecular weight excluding hydrogens is 471 g/mol. The van der Waals surface area contributed by atoms with Gasteiger partial charge >= 0.3 is 0 Å². The van der Waals surface area contributed by atoms with Gasteiger partial charge in [-0.05, 0) is 53.5 Å². The van der Waals surface area contributed by atoms with Gasteiger partial charge in [0.25, 0.3) is 0 Å². The minimum atomic E-state index is 0. The van der Waals surface area contributed by atoms with Gasteiger partial charge in [0.05, 0.1) is 0 Å². The molecule has 1 aromatic heterocycles. The summed E-state index contributed by atoms with van der Waals surface area (Å²) in [6.45, 7) is 5.90. The Morgan fingerprint density at radius 3 is 2.78 bits per heavy atom. The summed E-state index contributed by atoms with van der Waals surface area (Å²) < 4.78 is 0. The first-order valence-corrected chi connectivity index (χ1v) is 9.94. The number of fused-ring (bicyclic) bond motifs is 1. The maximum absolute atomic E-state index is 12.4. The second-order valence-corrected chi connectivity index (χ2v) is 7.69. The Morgan fingerprint density at radius 2 is 2.07 bits per heavy atom. The summed E-state index contributed by atoms with van der Waals surface area (Å²) in [4.78, 5) is 19.8. The van der Waals surface area contributed by atoms with Crippen molar-refractivity contribution in [1.82, 2.24) is 4.90 Å². The SMILES string of the molecule is CCC(C)c1ccc(NC(N)=NCC(=O)N2CCc3sccc3C2)cc1.I. The van der Waals surface area contributed by atoms with Crippen molar-refractivity contribution >= 4 is 52.9 Å². The van der Waals surface area contributed by atoms with Crippen LogP contribution in [0.15, 0.2) is 40.7 Å². The van der Waals surface area contributed by atoms with Crippen LogP contribution in [-0.4, -0.2) is 29.9 Å². The number of anilines is 1. The molecule has 0 spiro atoms. The lowest BCUT2D eigenvalue weighted by atomic mass is 9.99. The number of aliphatic imine (C=N–C) groups is 1. The number of thiophene rings is 1. The van der Waals surface area contributed by atoms with Gasteiger partial charge < -0.3 is 16.0 Å². The van der Waals surface area contributed by atoms with Crippen LogP contribution in [0, 0.1) is 0 Å². The molecule has 1 unspecified atom stereocenters. The first-order chi connectivity index (χ1) is 12.6. The van der Waals surface area contributed by atoms with Gasteiger partial charge in [-0.3, -0.25) is 4.79 Å². The van der Waals surface area contributed by atoms with E-state index < -0.39 is 0 Å². The van der Waals surface area contributed by atoms with E-state index in [4.69, 9.17) is 5.73 Å². The molecule has 0 saturated carbocycles. The molecule has 27 heavy (non-hydrogen) atoms. The second kappa shape index (κ2) is 10.1. The predicted octanol–water partition coefficient (Wildman–Crippen LogP) is 4.19. The molecule has 2 heterocycles. The van der Waals surface area contributed by atoms with Crippen molar-refractivity contribution in [1.29, 1.82) is 0 Å². The molecule has 1 aliphatic rings. The van der Waals surface area contributed by atoms with Gasteiger partial charge in [0.1, 0.15) is 6.54 Å². The van der Waals surface area contributed by atoms with Crippen LogP contribution < -0.4 is 11.1 Å². The van der Waals surface area contributed by atoms with E-state index in [9.17, 15) is 4.79 Å². The lowest BCUT2D eigenvalue weighted by molar-refractivity contribution is -0.130. The van der Waals surface area contributed by atoms with Gasteiger partial charge in [-0.1, -0.05) is 26.0 Å². The molecule has 7 heteroatoms. The van der Waals surface area contributed by atoms with Crippen LogP contribution >= 0.6 is 35.3 Å². The maximum Gasteiger partial charge on any atom is 0.244 e. The monoisotopic (exact) mass is 498 g/mol. The van der Waals surface area contributed by atoms with E-state index in [-0.39, 0.29) is 42.4 Å². The van der Waals surface area contributed by atoms with E-state index in [1.807, 2.05) is 17.0 Å². The Morgan fingerprint density at radius 1 is 1.33 bits per heavy atom. The zero-order chi connectivity index (χ0) is 18.5. The van der Waals surface area contributed by atoms with Crippen LogP contribution in [-0.2, 0) is 17.8 Å². The largest absolute Gasteiger partial charge is 0.370 e. The molecule has 5 nitrogen and oxygen atoms in total. The third-order valence-corrected chi connectivity index (χ3v) is 5.93. The summed E-state index contributed by atoms with van der Waals surface area (Å²) in [7, 11) is 0. The van der Waals surface area contributed by atoms with Crippen LogP contribution in [0.25, 0.3) is 0 Å². The molecule has 3 rings (SSSR count). The second-order valence-electron chi connectivity index (χ2n) is 6.69. The summed E-state index contributed by atoms with van der Waals surface area (Å²) in [5.74, 6) is 0.822. The standard InChI is InChI=1S/C20H26N4OS.HI/c1-3-14(2)15-4-6-17(7-5-15)23-20(21)22-12-19(25)24-10-8-18-16(13-24)9-11-26-18;/h4-7,9,11,14H,3,8,10,12-13H2,1-2H3,(H3,21,22,23);1H. The van der Waals surface area contributed by atoms with E-state index in [2.05, 4.69) is 47.7 Å². The number of halogens is 1. The molecule has 0 fully saturated rings. The molecule has 0 bridgehead atoms. The van der Waals surface area contributed by atoms with Crippen molar-refractivity contribution in [2.75, 3.05) is 18.4 Å². The quantitative estimate of drug-likeness (QED) is 0.369. The third-order valence-electron chi connectivity index (χ3n) is 4.91. The van der Waals surface area contributed by atoms with Crippen LogP contribution in [0.5, 0.6) is 0 Å². The van der Waals surface area contributed by atoms with Crippen molar-refractivity contribution in [3.63, 3.8) is 0 Å². The third kappa shape index (κ3) is 5.68. The molecule has 0 aliphatic carbocycles. The summed E-state index contributed by atoms with van der Waals surface area (Å²) >= 11 is 1.77. The van der Waals surface area contributed by atoms with E-state index in [0.29, 0.717) is 12.5 Å². The first kappa shape index (κ1) is 21.7. The van der Waals surface area contributed by atoms with E-state index in [1.165, 1.54) is 16.0 Å². The lowest BCUT2D eigenvalue weighted by Crippen LogP contribution is -2.37. The highest BCUT2D eigenvalue weighted by Crippen LogP contribution is 2.24. The molecular formula is C20H27IN4OS. The van der Waals surface area contributed by atoms with Crippen molar-refractivity contribution < 1.29 is 4.79 Å². The topological polar surface area (TPSA) is 70.7 Å². The Balaban J connectivity index is 0.00000261. The normalized spacial score (nSPS) is 14.9. The number of nitrogens with two attached hydrogens (primary N) is 1. The van der Waals surface area contributed by atoms with Crippen LogP contribution in [0.2, 0.25) is 0 Å². The number of hydrogen-bond donors (Lipinski definition) is 2. The zero-order valence-corrected chi connectivity index (χ0v) is 18.9. The highest BCUT2D eigenvalue weighted by atomic mass is 127. The molecule has 1 atom stereocenters. The molecule has 1 aliphatic heterocycles. The highest BCUT2D eigenvalue weighted by molar-refractivity contribution is 14.0. The van der Waals surface area contributed by atoms with Gasteiger partial charge in [0.15, 0.2) is 5.96 Å². The number of carbonyl (C=O) groups excluding carboxylic acids is 1. The van der Waals surface area contributed by atoms with Gasteiger partial charge in [0, 0.05) is 23.7 Å². The Bertz CT molecular complexity index is 788. The fourth-order valence-corrected chi connectivity index (χ4v) is 3.92. The first-order valence-electron chi connectivity index (χ1n) is 9.06. The smallest absolute Gasteiger partial charge is 0.244 e. The Hall–Kier alpha value is -1.61. The van der Waals surface area contributed by atoms with Crippen molar-refractivity contribution in [2.24, 2.45) is 10.7 Å². The summed E-state index contributed by atoms with van der Waals surface area (Å²) in [5, 5.41) is 5.14. The molecule has 2 aromatic rings. The average Bonchev–Trinajstić information content (AvgIpc) is 3.13. The van der Waals surface area contributed by atoms with E-state index in [1.54, 1.807) is 11.3 Å². The fourth-order valence-electron chi connectivity index (χ4n) is 3.03. The van der Waals surface area contributed by atoms with E-state index >= 15 is 0 Å². The fraction of sp³-hybridized carbons (Fsp3) is 0.400. The number of benzene rings is 1. The number of guanidine groups is 1. The number of amides is 1. The molecule has 146 valence electrons. The summed E-state index contributed by atoms with van der Waals surface area (Å²) in [6, 6.07) is 10.3. The molecule has 0 saturated heterocycles. The summed E-state index contributed by atoms with van der Waals surface area (Å²) in [5.41, 5.74) is 9.38. The number of hydrogen-bond acceptors (Lipinski definition) is 3. The van der Waals surface area contributed by atoms with Gasteiger partial charge in [-0.15, -0.1) is 35.3 Å². The predicted molar refractivity (Wildman–Crippen MR) is 124 cm³/mol. The van der Waals surface area contributed by atoms with Crippen molar-refractivity contribution in [2.45, 2.75) is 39.2 Å². The molecule has 3 N–H and O–H groups in total. The zero-order valence-electron chi connectivity index (χ0n) is 15.8. The van der Waals surface area contributed by atoms with Gasteiger partial charge in [0.2, 0.25) is 5.91 Å². The van der Waals surface area contributed by atoms with Gasteiger partial charge in [-0.2, -0.15) is 0 Å². The number of carbonyl (C=O) groups is 1. The molecule has 1 aromatic carbocycles. The Labute approximate surface area is 182 Å². The van der Waals surface area contributed by atoms with Crippen molar-refractivity contribution in [3.8, 4) is 0 Å². The average molecular weight is 498 g/mol. The van der Waals surface area contributed by atoms with Crippen LogP contribution in [0.1, 0.15) is 42.2 Å². The van der Waals surface area contributed by atoms with E-state index in [0.717, 1.165) is 25.1 Å². The molecule has 1 amide bonds. The van der Waals surface area contributed by atoms with Crippen molar-refractivity contribution in [3.05, 3.63) is 51.7 Å². The number of nitrogens with zero attached hydrogens (tertiary/aromatic N) is 2. The maximum atomic E-state index is 12.4. The summed E-state index contributed by atoms with van der Waals surface area (Å²) in [6.07, 6.45) is 2.04. The minimum absolute atomic E-state index is 0. The van der Waals surface area contributed by atoms with Gasteiger partial charge in [-0.25, -0.2) is 4.99 Å².